The number of benzene rings is 2. The second-order valence-electron chi connectivity index (χ2n) is 4.87. The van der Waals surface area contributed by atoms with E-state index in [0.29, 0.717) is 17.1 Å². The molecule has 0 heterocycles. The normalized spacial score (nSPS) is 11.9. The molecule has 110 valence electrons. The minimum absolute atomic E-state index is 0.346. The second-order valence-corrected chi connectivity index (χ2v) is 6.32. The Morgan fingerprint density at radius 2 is 1.86 bits per heavy atom. The van der Waals surface area contributed by atoms with Crippen molar-refractivity contribution in [3.05, 3.63) is 70.8 Å². The maximum atomic E-state index is 12.3. The van der Waals surface area contributed by atoms with E-state index in [4.69, 9.17) is 4.74 Å². The van der Waals surface area contributed by atoms with Gasteiger partial charge in [-0.15, -0.1) is 0 Å². The molecular weight excluding hydrogens is 284 g/mol. The van der Waals surface area contributed by atoms with Crippen LogP contribution in [-0.4, -0.2) is 17.3 Å². The first-order valence-corrected chi connectivity index (χ1v) is 8.15. The summed E-state index contributed by atoms with van der Waals surface area (Å²) >= 11 is 0. The third-order valence-electron chi connectivity index (χ3n) is 3.15. The zero-order chi connectivity index (χ0) is 15.2. The molecule has 4 heteroatoms. The number of rotatable bonds is 5. The third-order valence-corrected chi connectivity index (χ3v) is 4.44. The summed E-state index contributed by atoms with van der Waals surface area (Å²) in [6, 6.07) is 15.1. The third kappa shape index (κ3) is 4.26. The molecule has 0 saturated heterocycles. The molecule has 1 unspecified atom stereocenters. The van der Waals surface area contributed by atoms with E-state index in [-0.39, 0.29) is 0 Å². The van der Waals surface area contributed by atoms with Gasteiger partial charge in [0.15, 0.2) is 0 Å². The predicted molar refractivity (Wildman–Crippen MR) is 84.5 cm³/mol. The maximum absolute atomic E-state index is 12.3. The van der Waals surface area contributed by atoms with Crippen LogP contribution in [0.4, 0.5) is 0 Å². The van der Waals surface area contributed by atoms with Gasteiger partial charge in [0.25, 0.3) is 0 Å². The zero-order valence-corrected chi connectivity index (χ0v) is 13.0. The Kier molecular flexibility index (Phi) is 5.28. The summed E-state index contributed by atoms with van der Waals surface area (Å²) in [6.45, 7) is 2.01. The number of carbonyl (C=O) groups excluding carboxylic acids is 1. The van der Waals surface area contributed by atoms with E-state index >= 15 is 0 Å². The molecule has 21 heavy (non-hydrogen) atoms. The molecule has 0 aliphatic rings. The van der Waals surface area contributed by atoms with E-state index in [1.807, 2.05) is 43.3 Å². The average Bonchev–Trinajstić information content (AvgIpc) is 2.47. The minimum Gasteiger partial charge on any atom is -0.465 e. The van der Waals surface area contributed by atoms with Crippen LogP contribution in [0.3, 0.4) is 0 Å². The van der Waals surface area contributed by atoms with E-state index in [0.717, 1.165) is 16.7 Å². The standard InChI is InChI=1S/C17H18O3S/c1-13-6-5-7-14(10-13)11-21(19)12-15-8-3-4-9-16(15)17(18)20-2/h3-10H,11-12H2,1-2H3. The van der Waals surface area contributed by atoms with Crippen LogP contribution in [0.2, 0.25) is 0 Å². The number of methoxy groups -OCH3 is 1. The highest BCUT2D eigenvalue weighted by atomic mass is 32.2. The van der Waals surface area contributed by atoms with Crippen molar-refractivity contribution < 1.29 is 13.7 Å². The van der Waals surface area contributed by atoms with Crippen LogP contribution in [0, 0.1) is 6.92 Å². The van der Waals surface area contributed by atoms with Crippen LogP contribution in [-0.2, 0) is 27.0 Å². The van der Waals surface area contributed by atoms with Crippen LogP contribution < -0.4 is 0 Å². The van der Waals surface area contributed by atoms with Crippen molar-refractivity contribution in [3.8, 4) is 0 Å². The highest BCUT2D eigenvalue weighted by Gasteiger charge is 2.13. The van der Waals surface area contributed by atoms with Crippen molar-refractivity contribution >= 4 is 16.8 Å². The van der Waals surface area contributed by atoms with Crippen LogP contribution in [0.25, 0.3) is 0 Å². The van der Waals surface area contributed by atoms with Gasteiger partial charge in [0.2, 0.25) is 0 Å². The van der Waals surface area contributed by atoms with E-state index in [9.17, 15) is 9.00 Å². The largest absolute Gasteiger partial charge is 0.465 e. The van der Waals surface area contributed by atoms with Crippen molar-refractivity contribution in [1.82, 2.24) is 0 Å². The highest BCUT2D eigenvalue weighted by Crippen LogP contribution is 2.15. The van der Waals surface area contributed by atoms with E-state index in [2.05, 4.69) is 0 Å². The maximum Gasteiger partial charge on any atom is 0.338 e. The summed E-state index contributed by atoms with van der Waals surface area (Å²) in [5.74, 6) is 0.439. The Morgan fingerprint density at radius 3 is 2.57 bits per heavy atom. The van der Waals surface area contributed by atoms with Crippen molar-refractivity contribution in [2.24, 2.45) is 0 Å². The highest BCUT2D eigenvalue weighted by molar-refractivity contribution is 7.83. The molecule has 2 aromatic rings. The van der Waals surface area contributed by atoms with E-state index in [1.165, 1.54) is 7.11 Å². The molecule has 0 bridgehead atoms. The minimum atomic E-state index is -1.07. The van der Waals surface area contributed by atoms with Crippen molar-refractivity contribution in [3.63, 3.8) is 0 Å². The second kappa shape index (κ2) is 7.18. The summed E-state index contributed by atoms with van der Waals surface area (Å²) in [4.78, 5) is 11.7. The Labute approximate surface area is 127 Å². The van der Waals surface area contributed by atoms with Crippen molar-refractivity contribution in [1.29, 1.82) is 0 Å². The van der Waals surface area contributed by atoms with Gasteiger partial charge in [-0.2, -0.15) is 0 Å². The first-order valence-electron chi connectivity index (χ1n) is 6.67. The van der Waals surface area contributed by atoms with E-state index < -0.39 is 16.8 Å². The number of aryl methyl sites for hydroxylation is 1. The van der Waals surface area contributed by atoms with Gasteiger partial charge in [0.05, 0.1) is 12.7 Å². The average molecular weight is 302 g/mol. The lowest BCUT2D eigenvalue weighted by Gasteiger charge is -2.08. The lowest BCUT2D eigenvalue weighted by molar-refractivity contribution is 0.0600. The first kappa shape index (κ1) is 15.4. The molecule has 2 aromatic carbocycles. The number of hydrogen-bond acceptors (Lipinski definition) is 3. The Balaban J connectivity index is 2.11. The fourth-order valence-electron chi connectivity index (χ4n) is 2.17. The molecule has 0 saturated carbocycles. The van der Waals surface area contributed by atoms with Gasteiger partial charge in [-0.05, 0) is 24.1 Å². The fourth-order valence-corrected chi connectivity index (χ4v) is 3.42. The topological polar surface area (TPSA) is 43.4 Å². The smallest absolute Gasteiger partial charge is 0.338 e. The molecule has 1 atom stereocenters. The number of esters is 1. The lowest BCUT2D eigenvalue weighted by atomic mass is 10.1. The summed E-state index contributed by atoms with van der Waals surface area (Å²) < 4.78 is 17.1. The molecule has 0 spiro atoms. The molecule has 0 fully saturated rings. The number of hydrogen-bond donors (Lipinski definition) is 0. The molecule has 0 aliphatic heterocycles. The Morgan fingerprint density at radius 1 is 1.10 bits per heavy atom. The van der Waals surface area contributed by atoms with Gasteiger partial charge in [0, 0.05) is 22.3 Å². The van der Waals surface area contributed by atoms with Crippen molar-refractivity contribution in [2.45, 2.75) is 18.4 Å². The van der Waals surface area contributed by atoms with Gasteiger partial charge in [-0.3, -0.25) is 4.21 Å². The molecular formula is C17H18O3S. The molecule has 0 N–H and O–H groups in total. The Hall–Kier alpha value is -1.94. The molecule has 2 rings (SSSR count). The quantitative estimate of drug-likeness (QED) is 0.796. The lowest BCUT2D eigenvalue weighted by Crippen LogP contribution is -2.08. The van der Waals surface area contributed by atoms with Crippen LogP contribution in [0.5, 0.6) is 0 Å². The predicted octanol–water partition coefficient (Wildman–Crippen LogP) is 3.23. The molecule has 3 nitrogen and oxygen atoms in total. The molecule has 0 amide bonds. The van der Waals surface area contributed by atoms with Crippen molar-refractivity contribution in [2.75, 3.05) is 7.11 Å². The van der Waals surface area contributed by atoms with Crippen LogP contribution in [0.1, 0.15) is 27.0 Å². The summed E-state index contributed by atoms with van der Waals surface area (Å²) in [6.07, 6.45) is 0. The SMILES string of the molecule is COC(=O)c1ccccc1CS(=O)Cc1cccc(C)c1. The molecule has 0 aromatic heterocycles. The summed E-state index contributed by atoms with van der Waals surface area (Å²) in [5, 5.41) is 0. The van der Waals surface area contributed by atoms with Gasteiger partial charge in [-0.25, -0.2) is 4.79 Å². The van der Waals surface area contributed by atoms with Gasteiger partial charge < -0.3 is 4.74 Å². The fraction of sp³-hybridized carbons (Fsp3) is 0.235. The van der Waals surface area contributed by atoms with Crippen LogP contribution in [0.15, 0.2) is 48.5 Å². The number of carbonyl (C=O) groups is 1. The van der Waals surface area contributed by atoms with E-state index in [1.54, 1.807) is 12.1 Å². The van der Waals surface area contributed by atoms with Gasteiger partial charge >= 0.3 is 5.97 Å². The zero-order valence-electron chi connectivity index (χ0n) is 12.2. The monoisotopic (exact) mass is 302 g/mol. The summed E-state index contributed by atoms with van der Waals surface area (Å²) in [7, 11) is 0.283. The number of ether oxygens (including phenoxy) is 1. The molecule has 0 aliphatic carbocycles. The van der Waals surface area contributed by atoms with Crippen LogP contribution >= 0.6 is 0 Å². The first-order chi connectivity index (χ1) is 10.1. The summed E-state index contributed by atoms with van der Waals surface area (Å²) in [5.41, 5.74) is 3.44. The van der Waals surface area contributed by atoms with Gasteiger partial charge in [0.1, 0.15) is 0 Å². The molecule has 0 radical (unpaired) electrons. The van der Waals surface area contributed by atoms with Gasteiger partial charge in [-0.1, -0.05) is 48.0 Å². The Bertz CT molecular complexity index is 665.